The SMILES string of the molecule is CCCNC(Cn1ccnc1CCC)c1ccccc1F. The number of hydrogen-bond donors (Lipinski definition) is 1. The molecule has 0 aliphatic rings. The first-order chi connectivity index (χ1) is 10.3. The maximum Gasteiger partial charge on any atom is 0.128 e. The summed E-state index contributed by atoms with van der Waals surface area (Å²) in [5.74, 6) is 0.917. The van der Waals surface area contributed by atoms with Gasteiger partial charge in [0, 0.05) is 30.9 Å². The second-order valence-corrected chi connectivity index (χ2v) is 5.27. The van der Waals surface area contributed by atoms with Gasteiger partial charge in [0.05, 0.1) is 6.04 Å². The lowest BCUT2D eigenvalue weighted by Gasteiger charge is -2.21. The molecule has 0 radical (unpaired) electrons. The molecule has 21 heavy (non-hydrogen) atoms. The fraction of sp³-hybridized carbons (Fsp3) is 0.471. The van der Waals surface area contributed by atoms with Crippen molar-refractivity contribution < 1.29 is 4.39 Å². The number of rotatable bonds is 8. The molecule has 2 rings (SSSR count). The van der Waals surface area contributed by atoms with Crippen LogP contribution in [0.4, 0.5) is 4.39 Å². The molecule has 1 atom stereocenters. The molecule has 0 fully saturated rings. The maximum atomic E-state index is 14.1. The minimum Gasteiger partial charge on any atom is -0.333 e. The van der Waals surface area contributed by atoms with Crippen LogP contribution in [-0.4, -0.2) is 16.1 Å². The highest BCUT2D eigenvalue weighted by atomic mass is 19.1. The summed E-state index contributed by atoms with van der Waals surface area (Å²) in [4.78, 5) is 4.40. The molecule has 114 valence electrons. The molecular weight excluding hydrogens is 265 g/mol. The highest BCUT2D eigenvalue weighted by molar-refractivity contribution is 5.21. The molecule has 1 aromatic heterocycles. The van der Waals surface area contributed by atoms with Crippen LogP contribution in [0.1, 0.15) is 44.1 Å². The Morgan fingerprint density at radius 3 is 2.76 bits per heavy atom. The zero-order valence-electron chi connectivity index (χ0n) is 12.8. The molecule has 0 saturated heterocycles. The number of imidazole rings is 1. The molecule has 1 aromatic carbocycles. The lowest BCUT2D eigenvalue weighted by molar-refractivity contribution is 0.436. The molecule has 4 heteroatoms. The van der Waals surface area contributed by atoms with Gasteiger partial charge in [-0.2, -0.15) is 0 Å². The summed E-state index contributed by atoms with van der Waals surface area (Å²) in [6.45, 7) is 5.83. The van der Waals surface area contributed by atoms with Crippen molar-refractivity contribution in [1.82, 2.24) is 14.9 Å². The van der Waals surface area contributed by atoms with Crippen LogP contribution in [0.25, 0.3) is 0 Å². The first-order valence-electron chi connectivity index (χ1n) is 7.74. The average Bonchev–Trinajstić information content (AvgIpc) is 2.92. The fourth-order valence-corrected chi connectivity index (χ4v) is 2.50. The van der Waals surface area contributed by atoms with Crippen molar-refractivity contribution in [1.29, 1.82) is 0 Å². The van der Waals surface area contributed by atoms with Gasteiger partial charge in [0.1, 0.15) is 11.6 Å². The van der Waals surface area contributed by atoms with E-state index in [1.807, 2.05) is 24.5 Å². The number of benzene rings is 1. The number of nitrogens with zero attached hydrogens (tertiary/aromatic N) is 2. The van der Waals surface area contributed by atoms with Crippen molar-refractivity contribution in [2.24, 2.45) is 0 Å². The predicted octanol–water partition coefficient (Wildman–Crippen LogP) is 3.72. The molecule has 1 heterocycles. The second-order valence-electron chi connectivity index (χ2n) is 5.27. The lowest BCUT2D eigenvalue weighted by Crippen LogP contribution is -2.27. The van der Waals surface area contributed by atoms with Gasteiger partial charge in [-0.3, -0.25) is 0 Å². The minimum atomic E-state index is -0.150. The quantitative estimate of drug-likeness (QED) is 0.802. The first kappa shape index (κ1) is 15.7. The van der Waals surface area contributed by atoms with Gasteiger partial charge >= 0.3 is 0 Å². The van der Waals surface area contributed by atoms with Crippen LogP contribution in [0.5, 0.6) is 0 Å². The van der Waals surface area contributed by atoms with E-state index in [2.05, 4.69) is 28.7 Å². The summed E-state index contributed by atoms with van der Waals surface area (Å²) in [7, 11) is 0. The Labute approximate surface area is 126 Å². The highest BCUT2D eigenvalue weighted by Crippen LogP contribution is 2.19. The van der Waals surface area contributed by atoms with Crippen molar-refractivity contribution in [3.8, 4) is 0 Å². The van der Waals surface area contributed by atoms with Crippen LogP contribution in [0.3, 0.4) is 0 Å². The molecule has 0 aliphatic carbocycles. The Morgan fingerprint density at radius 1 is 1.24 bits per heavy atom. The monoisotopic (exact) mass is 289 g/mol. The van der Waals surface area contributed by atoms with E-state index in [-0.39, 0.29) is 11.9 Å². The van der Waals surface area contributed by atoms with Crippen LogP contribution in [-0.2, 0) is 13.0 Å². The summed E-state index contributed by atoms with van der Waals surface area (Å²) < 4.78 is 16.2. The van der Waals surface area contributed by atoms with E-state index in [1.54, 1.807) is 6.07 Å². The summed E-state index contributed by atoms with van der Waals surface area (Å²) in [6, 6.07) is 6.97. The molecule has 0 bridgehead atoms. The van der Waals surface area contributed by atoms with Gasteiger partial charge in [0.15, 0.2) is 0 Å². The third kappa shape index (κ3) is 4.14. The summed E-state index contributed by atoms with van der Waals surface area (Å²) in [5.41, 5.74) is 0.724. The molecule has 0 aliphatic heterocycles. The van der Waals surface area contributed by atoms with Crippen LogP contribution in [0.15, 0.2) is 36.7 Å². The number of hydrogen-bond acceptors (Lipinski definition) is 2. The van der Waals surface area contributed by atoms with E-state index in [9.17, 15) is 4.39 Å². The molecule has 0 spiro atoms. The van der Waals surface area contributed by atoms with Gasteiger partial charge in [0.2, 0.25) is 0 Å². The van der Waals surface area contributed by atoms with Gasteiger partial charge in [-0.25, -0.2) is 9.37 Å². The predicted molar refractivity (Wildman–Crippen MR) is 83.7 cm³/mol. The van der Waals surface area contributed by atoms with Crippen molar-refractivity contribution in [3.63, 3.8) is 0 Å². The van der Waals surface area contributed by atoms with E-state index < -0.39 is 0 Å². The van der Waals surface area contributed by atoms with E-state index in [0.29, 0.717) is 6.54 Å². The van der Waals surface area contributed by atoms with E-state index in [0.717, 1.165) is 37.2 Å². The molecule has 0 saturated carbocycles. The van der Waals surface area contributed by atoms with Gasteiger partial charge in [-0.1, -0.05) is 32.0 Å². The Bertz CT molecular complexity index is 550. The second kappa shape index (κ2) is 7.93. The largest absolute Gasteiger partial charge is 0.333 e. The van der Waals surface area contributed by atoms with E-state index >= 15 is 0 Å². The Balaban J connectivity index is 2.20. The molecule has 1 unspecified atom stereocenters. The average molecular weight is 289 g/mol. The number of nitrogens with one attached hydrogen (secondary N) is 1. The summed E-state index contributed by atoms with van der Waals surface area (Å²) in [6.07, 6.45) is 6.83. The van der Waals surface area contributed by atoms with Crippen molar-refractivity contribution in [3.05, 3.63) is 53.9 Å². The molecular formula is C17H24FN3. The summed E-state index contributed by atoms with van der Waals surface area (Å²) >= 11 is 0. The number of aromatic nitrogens is 2. The molecule has 1 N–H and O–H groups in total. The Hall–Kier alpha value is -1.68. The molecule has 3 nitrogen and oxygen atoms in total. The maximum absolute atomic E-state index is 14.1. The van der Waals surface area contributed by atoms with Crippen LogP contribution < -0.4 is 5.32 Å². The smallest absolute Gasteiger partial charge is 0.128 e. The third-order valence-corrected chi connectivity index (χ3v) is 3.58. The highest BCUT2D eigenvalue weighted by Gasteiger charge is 2.16. The van der Waals surface area contributed by atoms with Crippen LogP contribution in [0.2, 0.25) is 0 Å². The van der Waals surface area contributed by atoms with Crippen LogP contribution in [0, 0.1) is 5.82 Å². The standard InChI is InChI=1S/C17H24FN3/c1-3-7-17-20-11-12-21(17)13-16(19-10-4-2)14-8-5-6-9-15(14)18/h5-6,8-9,11-12,16,19H,3-4,7,10,13H2,1-2H3. The number of halogens is 1. The Morgan fingerprint density at radius 2 is 2.05 bits per heavy atom. The zero-order valence-corrected chi connectivity index (χ0v) is 12.8. The van der Waals surface area contributed by atoms with Gasteiger partial charge in [-0.15, -0.1) is 0 Å². The minimum absolute atomic E-state index is 0.0315. The third-order valence-electron chi connectivity index (χ3n) is 3.58. The van der Waals surface area contributed by atoms with Crippen molar-refractivity contribution in [2.75, 3.05) is 6.54 Å². The normalized spacial score (nSPS) is 12.5. The van der Waals surface area contributed by atoms with Gasteiger partial charge in [-0.05, 0) is 25.5 Å². The molecule has 0 amide bonds. The number of aryl methyl sites for hydroxylation is 1. The zero-order chi connectivity index (χ0) is 15.1. The Kier molecular flexibility index (Phi) is 5.93. The van der Waals surface area contributed by atoms with Crippen molar-refractivity contribution >= 4 is 0 Å². The van der Waals surface area contributed by atoms with Gasteiger partial charge in [0.25, 0.3) is 0 Å². The van der Waals surface area contributed by atoms with E-state index in [4.69, 9.17) is 0 Å². The summed E-state index contributed by atoms with van der Waals surface area (Å²) in [5, 5.41) is 3.45. The van der Waals surface area contributed by atoms with Crippen LogP contribution >= 0.6 is 0 Å². The van der Waals surface area contributed by atoms with Crippen molar-refractivity contribution in [2.45, 2.75) is 45.7 Å². The van der Waals surface area contributed by atoms with E-state index in [1.165, 1.54) is 6.07 Å². The van der Waals surface area contributed by atoms with Gasteiger partial charge < -0.3 is 9.88 Å². The first-order valence-corrected chi connectivity index (χ1v) is 7.74. The fourth-order valence-electron chi connectivity index (χ4n) is 2.50. The topological polar surface area (TPSA) is 29.9 Å². The lowest BCUT2D eigenvalue weighted by atomic mass is 10.1. The molecule has 2 aromatic rings.